The molecule has 0 aliphatic heterocycles. The number of hydrogen-bond acceptors (Lipinski definition) is 1. The molecule has 0 bridgehead atoms. The van der Waals surface area contributed by atoms with Crippen molar-refractivity contribution < 1.29 is 4.79 Å². The molecule has 0 spiro atoms. The Hall–Kier alpha value is -0.330. The van der Waals surface area contributed by atoms with Crippen molar-refractivity contribution in [2.75, 3.05) is 0 Å². The molecule has 0 N–H and O–H groups in total. The third kappa shape index (κ3) is 1.66. The average molecular weight is 180 g/mol. The minimum absolute atomic E-state index is 0.137. The van der Waals surface area contributed by atoms with Gasteiger partial charge in [0.1, 0.15) is 6.29 Å². The van der Waals surface area contributed by atoms with Crippen molar-refractivity contribution in [2.24, 2.45) is 16.7 Å². The Morgan fingerprint density at radius 1 is 1.23 bits per heavy atom. The predicted molar refractivity (Wildman–Crippen MR) is 53.5 cm³/mol. The maximum atomic E-state index is 11.0. The van der Waals surface area contributed by atoms with Crippen molar-refractivity contribution in [1.82, 2.24) is 0 Å². The highest BCUT2D eigenvalue weighted by Crippen LogP contribution is 2.57. The molecule has 2 fully saturated rings. The lowest BCUT2D eigenvalue weighted by Crippen LogP contribution is -2.29. The fourth-order valence-electron chi connectivity index (χ4n) is 2.96. The molecule has 0 heterocycles. The van der Waals surface area contributed by atoms with E-state index < -0.39 is 0 Å². The predicted octanol–water partition coefficient (Wildman–Crippen LogP) is 3.18. The van der Waals surface area contributed by atoms with Gasteiger partial charge in [0.15, 0.2) is 0 Å². The minimum Gasteiger partial charge on any atom is -0.303 e. The van der Waals surface area contributed by atoms with Crippen LogP contribution in [0.2, 0.25) is 0 Å². The molecule has 74 valence electrons. The van der Waals surface area contributed by atoms with Gasteiger partial charge >= 0.3 is 0 Å². The lowest BCUT2D eigenvalue weighted by molar-refractivity contribution is -0.114. The first-order valence-electron chi connectivity index (χ1n) is 5.54. The van der Waals surface area contributed by atoms with Crippen LogP contribution in [0.25, 0.3) is 0 Å². The van der Waals surface area contributed by atoms with Crippen molar-refractivity contribution in [1.29, 1.82) is 0 Å². The van der Waals surface area contributed by atoms with Crippen LogP contribution in [0, 0.1) is 16.7 Å². The van der Waals surface area contributed by atoms with Gasteiger partial charge in [-0.3, -0.25) is 0 Å². The Kier molecular flexibility index (Phi) is 2.01. The standard InChI is InChI=1S/C12H20O/c1-11(2)5-3-4-10(8-11)12(9-13)6-7-12/h9-10H,3-8H2,1-2H3. The number of hydrogen-bond donors (Lipinski definition) is 0. The van der Waals surface area contributed by atoms with Crippen molar-refractivity contribution in [2.45, 2.75) is 52.4 Å². The number of aldehydes is 1. The molecule has 2 aliphatic rings. The smallest absolute Gasteiger partial charge is 0.126 e. The number of rotatable bonds is 2. The van der Waals surface area contributed by atoms with Crippen molar-refractivity contribution in [3.63, 3.8) is 0 Å². The highest BCUT2D eigenvalue weighted by atomic mass is 16.1. The number of carbonyl (C=O) groups excluding carboxylic acids is 1. The second-order valence-electron chi connectivity index (χ2n) is 5.81. The van der Waals surface area contributed by atoms with E-state index in [1.807, 2.05) is 0 Å². The largest absolute Gasteiger partial charge is 0.303 e. The lowest BCUT2D eigenvalue weighted by atomic mass is 9.67. The second-order valence-corrected chi connectivity index (χ2v) is 5.81. The van der Waals surface area contributed by atoms with Gasteiger partial charge in [-0.15, -0.1) is 0 Å². The van der Waals surface area contributed by atoms with E-state index in [-0.39, 0.29) is 5.41 Å². The topological polar surface area (TPSA) is 17.1 Å². The second kappa shape index (κ2) is 2.83. The molecule has 2 aliphatic carbocycles. The molecule has 13 heavy (non-hydrogen) atoms. The van der Waals surface area contributed by atoms with E-state index in [0.29, 0.717) is 11.3 Å². The van der Waals surface area contributed by atoms with Crippen LogP contribution in [0.15, 0.2) is 0 Å². The van der Waals surface area contributed by atoms with E-state index in [2.05, 4.69) is 13.8 Å². The SMILES string of the molecule is CC1(C)CCCC(C2(C=O)CC2)C1. The first-order valence-corrected chi connectivity index (χ1v) is 5.54. The molecule has 0 amide bonds. The van der Waals surface area contributed by atoms with Crippen molar-refractivity contribution >= 4 is 6.29 Å². The van der Waals surface area contributed by atoms with Gasteiger partial charge in [0.2, 0.25) is 0 Å². The van der Waals surface area contributed by atoms with E-state index in [9.17, 15) is 4.79 Å². The normalized spacial score (nSPS) is 35.4. The Morgan fingerprint density at radius 3 is 2.38 bits per heavy atom. The van der Waals surface area contributed by atoms with E-state index in [0.717, 1.165) is 12.8 Å². The Morgan fingerprint density at radius 2 is 1.92 bits per heavy atom. The molecule has 0 aromatic rings. The lowest BCUT2D eigenvalue weighted by Gasteiger charge is -2.37. The zero-order valence-electron chi connectivity index (χ0n) is 8.81. The average Bonchev–Trinajstić information content (AvgIpc) is 2.82. The Bertz CT molecular complexity index is 213. The Labute approximate surface area is 80.9 Å². The highest BCUT2D eigenvalue weighted by Gasteiger charge is 2.51. The fourth-order valence-corrected chi connectivity index (χ4v) is 2.96. The highest BCUT2D eigenvalue weighted by molar-refractivity contribution is 5.64. The van der Waals surface area contributed by atoms with Crippen LogP contribution in [0.3, 0.4) is 0 Å². The van der Waals surface area contributed by atoms with Gasteiger partial charge in [-0.25, -0.2) is 0 Å². The molecule has 0 saturated heterocycles. The molecule has 1 unspecified atom stereocenters. The van der Waals surface area contributed by atoms with E-state index in [1.54, 1.807) is 0 Å². The van der Waals surface area contributed by atoms with Gasteiger partial charge in [0, 0.05) is 5.41 Å². The van der Waals surface area contributed by atoms with Crippen LogP contribution in [0.1, 0.15) is 52.4 Å². The zero-order chi connectivity index (χ0) is 9.53. The van der Waals surface area contributed by atoms with Crippen LogP contribution in [-0.2, 0) is 4.79 Å². The van der Waals surface area contributed by atoms with Gasteiger partial charge in [0.25, 0.3) is 0 Å². The first kappa shape index (κ1) is 9.23. The van der Waals surface area contributed by atoms with Crippen molar-refractivity contribution in [3.8, 4) is 0 Å². The summed E-state index contributed by atoms with van der Waals surface area (Å²) in [6, 6.07) is 0. The van der Waals surface area contributed by atoms with E-state index in [4.69, 9.17) is 0 Å². The maximum absolute atomic E-state index is 11.0. The monoisotopic (exact) mass is 180 g/mol. The minimum atomic E-state index is 0.137. The third-order valence-electron chi connectivity index (χ3n) is 4.08. The van der Waals surface area contributed by atoms with Gasteiger partial charge in [-0.1, -0.05) is 20.3 Å². The summed E-state index contributed by atoms with van der Waals surface area (Å²) in [6.45, 7) is 4.69. The summed E-state index contributed by atoms with van der Waals surface area (Å²) in [5.74, 6) is 0.703. The van der Waals surface area contributed by atoms with Crippen LogP contribution < -0.4 is 0 Å². The Balaban J connectivity index is 2.04. The summed E-state index contributed by atoms with van der Waals surface area (Å²) < 4.78 is 0. The molecular weight excluding hydrogens is 160 g/mol. The molecule has 0 aromatic heterocycles. The van der Waals surface area contributed by atoms with Crippen LogP contribution in [0.4, 0.5) is 0 Å². The molecule has 0 radical (unpaired) electrons. The van der Waals surface area contributed by atoms with Gasteiger partial charge < -0.3 is 4.79 Å². The molecule has 1 atom stereocenters. The van der Waals surface area contributed by atoms with Crippen molar-refractivity contribution in [3.05, 3.63) is 0 Å². The maximum Gasteiger partial charge on any atom is 0.126 e. The van der Waals surface area contributed by atoms with Gasteiger partial charge in [0.05, 0.1) is 0 Å². The summed E-state index contributed by atoms with van der Waals surface area (Å²) in [5, 5.41) is 0. The molecule has 1 heteroatoms. The van der Waals surface area contributed by atoms with Crippen LogP contribution in [-0.4, -0.2) is 6.29 Å². The summed E-state index contributed by atoms with van der Waals surface area (Å²) >= 11 is 0. The molecule has 0 aromatic carbocycles. The molecule has 2 rings (SSSR count). The summed E-state index contributed by atoms with van der Waals surface area (Å²) in [6.07, 6.45) is 8.81. The first-order chi connectivity index (χ1) is 6.08. The summed E-state index contributed by atoms with van der Waals surface area (Å²) in [7, 11) is 0. The third-order valence-corrected chi connectivity index (χ3v) is 4.08. The van der Waals surface area contributed by atoms with Crippen LogP contribution in [0.5, 0.6) is 0 Å². The van der Waals surface area contributed by atoms with E-state index >= 15 is 0 Å². The fraction of sp³-hybridized carbons (Fsp3) is 0.917. The molecule has 2 saturated carbocycles. The molecular formula is C12H20O. The quantitative estimate of drug-likeness (QED) is 0.596. The zero-order valence-corrected chi connectivity index (χ0v) is 8.81. The van der Waals surface area contributed by atoms with E-state index in [1.165, 1.54) is 32.0 Å². The summed E-state index contributed by atoms with van der Waals surface area (Å²) in [4.78, 5) is 11.0. The summed E-state index contributed by atoms with van der Waals surface area (Å²) in [5.41, 5.74) is 0.624. The van der Waals surface area contributed by atoms with Crippen LogP contribution >= 0.6 is 0 Å². The van der Waals surface area contributed by atoms with Gasteiger partial charge in [-0.2, -0.15) is 0 Å². The number of carbonyl (C=O) groups is 1. The molecule has 1 nitrogen and oxygen atoms in total. The van der Waals surface area contributed by atoms with Gasteiger partial charge in [-0.05, 0) is 43.4 Å².